The molecule has 5 heterocycles. The summed E-state index contributed by atoms with van der Waals surface area (Å²) in [4.78, 5) is 147. The van der Waals surface area contributed by atoms with E-state index in [9.17, 15) is 61.5 Å². The van der Waals surface area contributed by atoms with Crippen LogP contribution in [-0.4, -0.2) is 126 Å². The van der Waals surface area contributed by atoms with Crippen LogP contribution in [0.4, 0.5) is 8.78 Å². The van der Waals surface area contributed by atoms with Crippen LogP contribution in [0.3, 0.4) is 0 Å². The number of carbonyl (C=O) groups is 9. The fourth-order valence-corrected chi connectivity index (χ4v) is 11.6. The Morgan fingerprint density at radius 3 is 2.24 bits per heavy atom. The Hall–Kier alpha value is -8.58. The molecule has 0 saturated carbocycles. The molecule has 9 rings (SSSR count). The number of nitrogens with two attached hydrogens (primary N) is 1. The number of unbranched alkanes of at least 4 members (excludes halogenated alkanes) is 3. The number of piperidine rings is 1. The minimum Gasteiger partial charge on any atom is -0.370 e. The summed E-state index contributed by atoms with van der Waals surface area (Å²) >= 11 is 0. The number of H-pyrrole nitrogens is 1. The minimum atomic E-state index is -5.93. The number of aromatic amines is 1. The van der Waals surface area contributed by atoms with Crippen LogP contribution in [0, 0.1) is 11.8 Å². The molecule has 4 aliphatic heterocycles. The third kappa shape index (κ3) is 13.5. The number of nitrogens with one attached hydrogen (secondary N) is 5. The van der Waals surface area contributed by atoms with Gasteiger partial charge in [-0.3, -0.25) is 53.0 Å². The first-order chi connectivity index (χ1) is 39.7. The van der Waals surface area contributed by atoms with Crippen molar-refractivity contribution in [3.63, 3.8) is 0 Å². The van der Waals surface area contributed by atoms with E-state index in [0.29, 0.717) is 43.2 Å². The average molecular weight is 1160 g/mol. The number of fused-ring (bicyclic) bond motifs is 3. The number of hydrogen-bond donors (Lipinski definition) is 8. The third-order valence-electron chi connectivity index (χ3n) is 15.5. The topological polar surface area (TPSA) is 311 Å². The lowest BCUT2D eigenvalue weighted by atomic mass is 9.98. The molecule has 5 atom stereocenters. The molecule has 4 aromatic carbocycles. The Labute approximate surface area is 475 Å². The number of rotatable bonds is 19. The smallest absolute Gasteiger partial charge is 0.370 e. The summed E-state index contributed by atoms with van der Waals surface area (Å²) in [6.45, 7) is 0.0449. The summed E-state index contributed by atoms with van der Waals surface area (Å²) in [6.07, 6.45) is 2.88. The van der Waals surface area contributed by atoms with Crippen molar-refractivity contribution in [2.24, 2.45) is 5.73 Å². The second kappa shape index (κ2) is 25.3. The van der Waals surface area contributed by atoms with E-state index in [-0.39, 0.29) is 98.9 Å². The van der Waals surface area contributed by atoms with Gasteiger partial charge in [-0.05, 0) is 92.0 Å². The first-order valence-corrected chi connectivity index (χ1v) is 29.0. The number of imide groups is 1. The predicted octanol–water partition coefficient (Wildman–Crippen LogP) is 4.50. The molecular weight excluding hydrogens is 1100 g/mol. The first kappa shape index (κ1) is 59.1. The molecule has 0 aliphatic carbocycles. The molecule has 2 unspecified atom stereocenters. The van der Waals surface area contributed by atoms with Gasteiger partial charge in [0.25, 0.3) is 11.8 Å². The van der Waals surface area contributed by atoms with Gasteiger partial charge in [0.2, 0.25) is 41.4 Å². The third-order valence-corrected chi connectivity index (χ3v) is 16.5. The average Bonchev–Trinajstić information content (AvgIpc) is 4.42. The Kier molecular flexibility index (Phi) is 18.0. The maximum Gasteiger partial charge on any atom is 0.399 e. The highest BCUT2D eigenvalue weighted by atomic mass is 31.2. The van der Waals surface area contributed by atoms with Gasteiger partial charge in [-0.25, -0.2) is 0 Å². The van der Waals surface area contributed by atoms with Crippen molar-refractivity contribution < 1.29 is 66.3 Å². The van der Waals surface area contributed by atoms with E-state index in [0.717, 1.165) is 34.9 Å². The normalized spacial score (nSPS) is 19.5. The molecule has 434 valence electrons. The first-order valence-electron chi connectivity index (χ1n) is 27.4. The summed E-state index contributed by atoms with van der Waals surface area (Å²) in [5.74, 6) is 1.07. The lowest BCUT2D eigenvalue weighted by molar-refractivity contribution is -0.145. The van der Waals surface area contributed by atoms with E-state index < -0.39 is 90.5 Å². The molecule has 24 heteroatoms. The fourth-order valence-electron chi connectivity index (χ4n) is 11.1. The molecule has 1 aromatic heterocycles. The van der Waals surface area contributed by atoms with Crippen LogP contribution in [0.2, 0.25) is 0 Å². The molecule has 9 N–H and O–H groups in total. The Morgan fingerprint density at radius 2 is 1.55 bits per heavy atom. The predicted molar refractivity (Wildman–Crippen MR) is 296 cm³/mol. The highest BCUT2D eigenvalue weighted by Gasteiger charge is 2.51. The summed E-state index contributed by atoms with van der Waals surface area (Å²) in [7, 11) is -5.93. The van der Waals surface area contributed by atoms with Crippen molar-refractivity contribution in [2.45, 2.75) is 126 Å². The molecule has 0 spiro atoms. The van der Waals surface area contributed by atoms with Crippen molar-refractivity contribution in [3.05, 3.63) is 142 Å². The Bertz CT molecular complexity index is 3430. The maximum absolute atomic E-state index is 15.0. The standard InChI is InChI=1S/C59H62F2N9O12P/c60-59(61,83(80,81)82)40-20-22-43-39(31-40)32-45(63-43)54(75)65-46-34-68(51(73)17-11-3-1-2-6-12-35-18-19-38-33-69(57(78)42(38)30-35)47-25-27-50(72)66-55(47)76)29-28-41-21-24-48(70(41)58(46)79)56(77)64-44(23-26-49(62)71)53(74)67-52(36-13-7-4-8-14-36)37-15-9-5-10-16-37/h4-5,7-10,13-16,18-20,22,30-32,41,44,46-48,52,63H,1-3,11,17,21,23-29,33-34H2,(H2,62,71)(H,64,77)(H,65,75)(H,67,74)(H,66,72,76)(H2,80,81,82)/t41-,44?,46+,47?,48+/m1/s1. The van der Waals surface area contributed by atoms with Gasteiger partial charge in [-0.15, -0.1) is 0 Å². The molecule has 3 saturated heterocycles. The second-order valence-corrected chi connectivity index (χ2v) is 22.8. The van der Waals surface area contributed by atoms with E-state index in [2.05, 4.69) is 38.1 Å². The molecule has 9 amide bonds. The van der Waals surface area contributed by atoms with Gasteiger partial charge in [-0.1, -0.05) is 91.1 Å². The zero-order valence-corrected chi connectivity index (χ0v) is 45.9. The van der Waals surface area contributed by atoms with Crippen molar-refractivity contribution in [3.8, 4) is 11.8 Å². The number of nitrogens with zero attached hydrogens (tertiary/aromatic N) is 3. The van der Waals surface area contributed by atoms with Crippen LogP contribution in [0.25, 0.3) is 10.9 Å². The Balaban J connectivity index is 0.879. The van der Waals surface area contributed by atoms with E-state index in [1.54, 1.807) is 18.2 Å². The van der Waals surface area contributed by atoms with Crippen LogP contribution in [-0.2, 0) is 50.3 Å². The quantitative estimate of drug-likeness (QED) is 0.0245. The lowest BCUT2D eigenvalue weighted by Crippen LogP contribution is -2.62. The van der Waals surface area contributed by atoms with E-state index in [1.807, 2.05) is 60.7 Å². The largest absolute Gasteiger partial charge is 0.399 e. The van der Waals surface area contributed by atoms with Crippen molar-refractivity contribution in [1.82, 2.24) is 41.0 Å². The van der Waals surface area contributed by atoms with Gasteiger partial charge < -0.3 is 51.2 Å². The number of amides is 9. The minimum absolute atomic E-state index is 0.00233. The van der Waals surface area contributed by atoms with Gasteiger partial charge in [-0.2, -0.15) is 8.78 Å². The van der Waals surface area contributed by atoms with Gasteiger partial charge in [0, 0.05) is 79.0 Å². The molecule has 21 nitrogen and oxygen atoms in total. The summed E-state index contributed by atoms with van der Waals surface area (Å²) in [5, 5.41) is 10.8. The Morgan fingerprint density at radius 1 is 0.831 bits per heavy atom. The van der Waals surface area contributed by atoms with Gasteiger partial charge >= 0.3 is 13.3 Å². The molecule has 3 fully saturated rings. The van der Waals surface area contributed by atoms with E-state index >= 15 is 4.79 Å². The van der Waals surface area contributed by atoms with Crippen molar-refractivity contribution in [2.75, 3.05) is 13.1 Å². The van der Waals surface area contributed by atoms with Crippen LogP contribution in [0.1, 0.15) is 132 Å². The molecule has 0 radical (unpaired) electrons. The monoisotopic (exact) mass is 1160 g/mol. The van der Waals surface area contributed by atoms with E-state index in [4.69, 9.17) is 5.73 Å². The number of halogens is 2. The van der Waals surface area contributed by atoms with Gasteiger partial charge in [0.15, 0.2) is 0 Å². The molecule has 83 heavy (non-hydrogen) atoms. The summed E-state index contributed by atoms with van der Waals surface area (Å²) < 4.78 is 41.1. The van der Waals surface area contributed by atoms with Crippen molar-refractivity contribution >= 4 is 71.7 Å². The number of carbonyl (C=O) groups excluding carboxylic acids is 9. The number of primary amides is 1. The molecular formula is C59H62F2N9O12P. The van der Waals surface area contributed by atoms with Gasteiger partial charge in [0.1, 0.15) is 29.9 Å². The molecule has 0 bridgehead atoms. The fraction of sp³-hybridized carbons (Fsp3) is 0.373. The van der Waals surface area contributed by atoms with Crippen LogP contribution in [0.15, 0.2) is 103 Å². The number of alkyl halides is 2. The molecule has 5 aromatic rings. The summed E-state index contributed by atoms with van der Waals surface area (Å²) in [5.41, 5.74) is 3.24. The highest BCUT2D eigenvalue weighted by Crippen LogP contribution is 2.59. The zero-order valence-electron chi connectivity index (χ0n) is 45.0. The summed E-state index contributed by atoms with van der Waals surface area (Å²) in [6, 6.07) is 21.6. The number of hydrogen-bond acceptors (Lipinski definition) is 10. The molecule has 4 aliphatic rings. The number of aromatic nitrogens is 1. The van der Waals surface area contributed by atoms with Crippen molar-refractivity contribution in [1.29, 1.82) is 0 Å². The highest BCUT2D eigenvalue weighted by molar-refractivity contribution is 7.52. The van der Waals surface area contributed by atoms with Gasteiger partial charge in [0.05, 0.1) is 6.04 Å². The maximum atomic E-state index is 15.0. The zero-order chi connectivity index (χ0) is 59.2. The van der Waals surface area contributed by atoms with E-state index in [1.165, 1.54) is 20.8 Å². The SMILES string of the molecule is NC(=O)CCC(NC(=O)[C@@H]1CC[C@@H]2CCN(C(=O)CCCCCC#Cc3ccc4c(c3)C(=O)N(C3CCC(=O)NC3=O)C4)C[C@H](NC(=O)c3cc4cc(C(F)(F)P(=O)(O)O)ccc4[nH]3)C(=O)N21)C(=O)NC(c1ccccc1)c1ccccc1. The van der Waals surface area contributed by atoms with Crippen LogP contribution in [0.5, 0.6) is 0 Å². The van der Waals surface area contributed by atoms with Crippen LogP contribution >= 0.6 is 7.60 Å². The van der Waals surface area contributed by atoms with Crippen LogP contribution < -0.4 is 27.0 Å². The second-order valence-electron chi connectivity index (χ2n) is 21.2. The lowest BCUT2D eigenvalue weighted by Gasteiger charge is -2.39. The number of benzene rings is 4.